The van der Waals surface area contributed by atoms with Gasteiger partial charge in [-0.1, -0.05) is 30.5 Å². The summed E-state index contributed by atoms with van der Waals surface area (Å²) >= 11 is 5.75. The average molecular weight is 272 g/mol. The molecule has 2 nitrogen and oxygen atoms in total. The van der Waals surface area contributed by atoms with Crippen LogP contribution in [-0.4, -0.2) is 17.8 Å². The molecule has 1 saturated carbocycles. The van der Waals surface area contributed by atoms with Gasteiger partial charge in [0.2, 0.25) is 0 Å². The van der Waals surface area contributed by atoms with E-state index in [9.17, 15) is 9.50 Å². The van der Waals surface area contributed by atoms with Crippen LogP contribution in [0.2, 0.25) is 5.02 Å². The van der Waals surface area contributed by atoms with Crippen LogP contribution in [0.25, 0.3) is 0 Å². The van der Waals surface area contributed by atoms with E-state index in [4.69, 9.17) is 11.6 Å². The lowest BCUT2D eigenvalue weighted by Crippen LogP contribution is -2.39. The monoisotopic (exact) mass is 271 g/mol. The summed E-state index contributed by atoms with van der Waals surface area (Å²) in [5.74, 6) is -0.0408. The molecule has 2 unspecified atom stereocenters. The predicted molar refractivity (Wildman–Crippen MR) is 71.1 cm³/mol. The number of aliphatic hydroxyl groups excluding tert-OH is 1. The van der Waals surface area contributed by atoms with Crippen molar-refractivity contribution in [2.75, 3.05) is 6.61 Å². The van der Waals surface area contributed by atoms with Crippen LogP contribution in [-0.2, 0) is 6.54 Å². The smallest absolute Gasteiger partial charge is 0.141 e. The second-order valence-corrected chi connectivity index (χ2v) is 5.37. The van der Waals surface area contributed by atoms with Crippen molar-refractivity contribution < 1.29 is 9.50 Å². The lowest BCUT2D eigenvalue weighted by atomic mass is 9.85. The Morgan fingerprint density at radius 2 is 2.11 bits per heavy atom. The molecule has 0 spiro atoms. The summed E-state index contributed by atoms with van der Waals surface area (Å²) in [5.41, 5.74) is 0.976. The zero-order chi connectivity index (χ0) is 13.0. The Morgan fingerprint density at radius 1 is 1.33 bits per heavy atom. The van der Waals surface area contributed by atoms with E-state index in [-0.39, 0.29) is 17.4 Å². The highest BCUT2D eigenvalue weighted by molar-refractivity contribution is 6.30. The first-order valence-electron chi connectivity index (χ1n) is 6.49. The maximum Gasteiger partial charge on any atom is 0.141 e. The predicted octanol–water partition coefficient (Wildman–Crippen LogP) is 3.12. The minimum atomic E-state index is -0.383. The largest absolute Gasteiger partial charge is 0.396 e. The molecule has 1 fully saturated rings. The molecule has 100 valence electrons. The molecular weight excluding hydrogens is 253 g/mol. The third-order valence-electron chi connectivity index (χ3n) is 3.70. The first-order chi connectivity index (χ1) is 8.70. The summed E-state index contributed by atoms with van der Waals surface area (Å²) in [5, 5.41) is 12.9. The topological polar surface area (TPSA) is 32.3 Å². The Labute approximate surface area is 112 Å². The summed E-state index contributed by atoms with van der Waals surface area (Å²) in [6, 6.07) is 5.14. The van der Waals surface area contributed by atoms with Crippen molar-refractivity contribution in [2.24, 2.45) is 5.92 Å². The van der Waals surface area contributed by atoms with Gasteiger partial charge < -0.3 is 10.4 Å². The molecule has 2 N–H and O–H groups in total. The van der Waals surface area contributed by atoms with E-state index < -0.39 is 0 Å². The van der Waals surface area contributed by atoms with Crippen LogP contribution in [0, 0.1) is 11.7 Å². The van der Waals surface area contributed by atoms with Gasteiger partial charge in [0.1, 0.15) is 5.82 Å². The van der Waals surface area contributed by atoms with E-state index in [1.54, 1.807) is 12.1 Å². The van der Waals surface area contributed by atoms with Gasteiger partial charge in [-0.3, -0.25) is 0 Å². The maximum atomic E-state index is 13.0. The van der Waals surface area contributed by atoms with Gasteiger partial charge in [-0.25, -0.2) is 4.39 Å². The van der Waals surface area contributed by atoms with Crippen LogP contribution >= 0.6 is 11.6 Å². The SMILES string of the molecule is OCC1CCCCC1NCc1ccc(F)c(Cl)c1. The minimum absolute atomic E-state index is 0.164. The molecule has 0 saturated heterocycles. The van der Waals surface area contributed by atoms with Crippen molar-refractivity contribution in [3.8, 4) is 0 Å². The average Bonchev–Trinajstić information content (AvgIpc) is 2.40. The first-order valence-corrected chi connectivity index (χ1v) is 6.86. The summed E-state index contributed by atoms with van der Waals surface area (Å²) in [6.07, 6.45) is 4.59. The third-order valence-corrected chi connectivity index (χ3v) is 3.99. The highest BCUT2D eigenvalue weighted by atomic mass is 35.5. The molecule has 1 aliphatic carbocycles. The highest BCUT2D eigenvalue weighted by Crippen LogP contribution is 2.24. The molecule has 0 aromatic heterocycles. The number of nitrogens with one attached hydrogen (secondary N) is 1. The van der Waals surface area contributed by atoms with Crippen LogP contribution in [0.15, 0.2) is 18.2 Å². The van der Waals surface area contributed by atoms with Gasteiger partial charge in [0.15, 0.2) is 0 Å². The molecule has 0 bridgehead atoms. The van der Waals surface area contributed by atoms with Gasteiger partial charge in [-0.05, 0) is 36.5 Å². The number of benzene rings is 1. The zero-order valence-electron chi connectivity index (χ0n) is 10.3. The molecule has 18 heavy (non-hydrogen) atoms. The van der Waals surface area contributed by atoms with Gasteiger partial charge in [0, 0.05) is 19.2 Å². The van der Waals surface area contributed by atoms with E-state index in [0.717, 1.165) is 18.4 Å². The maximum absolute atomic E-state index is 13.0. The normalized spacial score (nSPS) is 24.2. The molecule has 1 aromatic carbocycles. The molecule has 2 rings (SSSR count). The highest BCUT2D eigenvalue weighted by Gasteiger charge is 2.23. The molecule has 2 atom stereocenters. The van der Waals surface area contributed by atoms with Crippen LogP contribution < -0.4 is 5.32 Å². The number of hydrogen-bond acceptors (Lipinski definition) is 2. The van der Waals surface area contributed by atoms with Crippen LogP contribution in [0.3, 0.4) is 0 Å². The van der Waals surface area contributed by atoms with Crippen molar-refractivity contribution in [1.29, 1.82) is 0 Å². The van der Waals surface area contributed by atoms with Gasteiger partial charge in [-0.15, -0.1) is 0 Å². The van der Waals surface area contributed by atoms with E-state index in [2.05, 4.69) is 5.32 Å². The lowest BCUT2D eigenvalue weighted by Gasteiger charge is -2.31. The molecule has 0 radical (unpaired) electrons. The van der Waals surface area contributed by atoms with Gasteiger partial charge in [0.05, 0.1) is 5.02 Å². The Bertz CT molecular complexity index is 399. The van der Waals surface area contributed by atoms with E-state index >= 15 is 0 Å². The molecule has 4 heteroatoms. The van der Waals surface area contributed by atoms with Gasteiger partial charge >= 0.3 is 0 Å². The van der Waals surface area contributed by atoms with E-state index in [0.29, 0.717) is 18.5 Å². The standard InChI is InChI=1S/C14H19ClFNO/c15-12-7-10(5-6-13(12)16)8-17-14-4-2-1-3-11(14)9-18/h5-7,11,14,17-18H,1-4,8-9H2. The Hall–Kier alpha value is -0.640. The fourth-order valence-electron chi connectivity index (χ4n) is 2.59. The molecule has 0 aliphatic heterocycles. The van der Waals surface area contributed by atoms with Crippen molar-refractivity contribution in [1.82, 2.24) is 5.32 Å². The van der Waals surface area contributed by atoms with Crippen molar-refractivity contribution in [3.05, 3.63) is 34.6 Å². The first kappa shape index (κ1) is 13.8. The Balaban J connectivity index is 1.91. The van der Waals surface area contributed by atoms with Gasteiger partial charge in [0.25, 0.3) is 0 Å². The Kier molecular flexibility index (Phi) is 4.98. The fourth-order valence-corrected chi connectivity index (χ4v) is 2.80. The summed E-state index contributed by atoms with van der Waals surface area (Å²) in [7, 11) is 0. The summed E-state index contributed by atoms with van der Waals surface area (Å²) < 4.78 is 13.0. The molecule has 1 aliphatic rings. The Morgan fingerprint density at radius 3 is 2.83 bits per heavy atom. The quantitative estimate of drug-likeness (QED) is 0.882. The van der Waals surface area contributed by atoms with Crippen molar-refractivity contribution in [2.45, 2.75) is 38.3 Å². The minimum Gasteiger partial charge on any atom is -0.396 e. The molecule has 0 heterocycles. The zero-order valence-corrected chi connectivity index (χ0v) is 11.1. The summed E-state index contributed by atoms with van der Waals surface area (Å²) in [4.78, 5) is 0. The second kappa shape index (κ2) is 6.50. The van der Waals surface area contributed by atoms with Crippen LogP contribution in [0.1, 0.15) is 31.2 Å². The lowest BCUT2D eigenvalue weighted by molar-refractivity contribution is 0.152. The molecule has 1 aromatic rings. The second-order valence-electron chi connectivity index (χ2n) is 4.96. The summed E-state index contributed by atoms with van der Waals surface area (Å²) in [6.45, 7) is 0.906. The third kappa shape index (κ3) is 3.44. The van der Waals surface area contributed by atoms with Crippen molar-refractivity contribution >= 4 is 11.6 Å². The van der Waals surface area contributed by atoms with E-state index in [1.165, 1.54) is 18.9 Å². The number of rotatable bonds is 4. The number of aliphatic hydroxyl groups is 1. The number of halogens is 2. The van der Waals surface area contributed by atoms with Crippen molar-refractivity contribution in [3.63, 3.8) is 0 Å². The van der Waals surface area contributed by atoms with Crippen LogP contribution in [0.4, 0.5) is 4.39 Å². The van der Waals surface area contributed by atoms with Crippen LogP contribution in [0.5, 0.6) is 0 Å². The molecule has 0 amide bonds. The number of hydrogen-bond donors (Lipinski definition) is 2. The van der Waals surface area contributed by atoms with E-state index in [1.807, 2.05) is 0 Å². The molecular formula is C14H19ClFNO. The fraction of sp³-hybridized carbons (Fsp3) is 0.571. The van der Waals surface area contributed by atoms with Gasteiger partial charge in [-0.2, -0.15) is 0 Å².